The van der Waals surface area contributed by atoms with Crippen LogP contribution in [0.4, 0.5) is 0 Å². The topological polar surface area (TPSA) is 93.5 Å². The Kier molecular flexibility index (Phi) is 5.85. The number of H-pyrrole nitrogens is 1. The fraction of sp³-hybridized carbons (Fsp3) is 0.250. The zero-order valence-electron chi connectivity index (χ0n) is 15.9. The Balaban J connectivity index is 1.24. The normalized spacial score (nSPS) is 11.1. The molecule has 9 heteroatoms. The summed E-state index contributed by atoms with van der Waals surface area (Å²) in [6.45, 7) is 3.39. The summed E-state index contributed by atoms with van der Waals surface area (Å²) in [5.41, 5.74) is 1.85. The van der Waals surface area contributed by atoms with E-state index in [0.717, 1.165) is 22.5 Å². The van der Waals surface area contributed by atoms with Gasteiger partial charge >= 0.3 is 0 Å². The van der Waals surface area contributed by atoms with Crippen molar-refractivity contribution in [3.8, 4) is 11.5 Å². The van der Waals surface area contributed by atoms with Crippen LogP contribution >= 0.6 is 11.8 Å². The molecule has 0 unspecified atom stereocenters. The monoisotopic (exact) mass is 411 g/mol. The number of hydrogen-bond donors (Lipinski definition) is 2. The minimum absolute atomic E-state index is 0.0779. The zero-order chi connectivity index (χ0) is 20.1. The van der Waals surface area contributed by atoms with Crippen LogP contribution in [0.5, 0.6) is 11.5 Å². The number of ether oxygens (including phenoxy) is 2. The molecule has 0 aliphatic heterocycles. The number of amides is 1. The minimum atomic E-state index is -0.0779. The number of aromatic nitrogens is 4. The van der Waals surface area contributed by atoms with Gasteiger partial charge in [0, 0.05) is 0 Å². The highest BCUT2D eigenvalue weighted by Gasteiger charge is 2.13. The standard InChI is InChI=1S/C20H21N5O3S/c1-2-27-14-7-9-15(10-8-14)28-12-11-21-18(26)13-29-20-24-23-19-22-16-5-3-4-6-17(16)25(19)20/h3-10H,2,11-13H2,1H3,(H,21,26)(H,22,23). The van der Waals surface area contributed by atoms with E-state index in [2.05, 4.69) is 20.5 Å². The summed E-state index contributed by atoms with van der Waals surface area (Å²) in [5.74, 6) is 2.39. The number of nitrogens with zero attached hydrogens (tertiary/aromatic N) is 3. The van der Waals surface area contributed by atoms with E-state index in [9.17, 15) is 4.79 Å². The highest BCUT2D eigenvalue weighted by molar-refractivity contribution is 7.99. The molecule has 29 heavy (non-hydrogen) atoms. The van der Waals surface area contributed by atoms with E-state index in [-0.39, 0.29) is 11.7 Å². The molecular weight excluding hydrogens is 390 g/mol. The summed E-state index contributed by atoms with van der Waals surface area (Å²) in [6.07, 6.45) is 0. The molecule has 0 spiro atoms. The van der Waals surface area contributed by atoms with Crippen molar-refractivity contribution in [3.63, 3.8) is 0 Å². The van der Waals surface area contributed by atoms with Gasteiger partial charge in [-0.3, -0.25) is 9.20 Å². The maximum absolute atomic E-state index is 12.1. The summed E-state index contributed by atoms with van der Waals surface area (Å²) in [6, 6.07) is 15.2. The van der Waals surface area contributed by atoms with Crippen LogP contribution in [-0.2, 0) is 4.79 Å². The largest absolute Gasteiger partial charge is 0.494 e. The molecule has 1 amide bonds. The number of benzene rings is 2. The second kappa shape index (κ2) is 8.87. The van der Waals surface area contributed by atoms with Crippen molar-refractivity contribution >= 4 is 34.5 Å². The molecule has 0 bridgehead atoms. The maximum atomic E-state index is 12.1. The van der Waals surface area contributed by atoms with Crippen LogP contribution in [0.2, 0.25) is 0 Å². The molecule has 0 saturated carbocycles. The number of nitrogens with one attached hydrogen (secondary N) is 2. The lowest BCUT2D eigenvalue weighted by atomic mass is 10.3. The summed E-state index contributed by atoms with van der Waals surface area (Å²) < 4.78 is 12.9. The van der Waals surface area contributed by atoms with Crippen molar-refractivity contribution in [2.75, 3.05) is 25.5 Å². The van der Waals surface area contributed by atoms with E-state index < -0.39 is 0 Å². The van der Waals surface area contributed by atoms with Crippen molar-refractivity contribution in [3.05, 3.63) is 48.5 Å². The van der Waals surface area contributed by atoms with E-state index >= 15 is 0 Å². The smallest absolute Gasteiger partial charge is 0.231 e. The van der Waals surface area contributed by atoms with Crippen LogP contribution in [0, 0.1) is 0 Å². The number of fused-ring (bicyclic) bond motifs is 3. The average molecular weight is 411 g/mol. The lowest BCUT2D eigenvalue weighted by Gasteiger charge is -2.08. The predicted molar refractivity (Wildman–Crippen MR) is 112 cm³/mol. The molecule has 2 N–H and O–H groups in total. The summed E-state index contributed by atoms with van der Waals surface area (Å²) >= 11 is 1.36. The van der Waals surface area contributed by atoms with E-state index in [4.69, 9.17) is 9.47 Å². The van der Waals surface area contributed by atoms with Crippen molar-refractivity contribution in [2.24, 2.45) is 0 Å². The number of thioether (sulfide) groups is 1. The minimum Gasteiger partial charge on any atom is -0.494 e. The average Bonchev–Trinajstić information content (AvgIpc) is 3.30. The first-order chi connectivity index (χ1) is 14.2. The number of carbonyl (C=O) groups is 1. The molecule has 0 saturated heterocycles. The second-order valence-corrected chi connectivity index (χ2v) is 7.10. The quantitative estimate of drug-likeness (QED) is 0.325. The summed E-state index contributed by atoms with van der Waals surface area (Å²) in [4.78, 5) is 16.6. The number of para-hydroxylation sites is 2. The highest BCUT2D eigenvalue weighted by Crippen LogP contribution is 2.22. The van der Waals surface area contributed by atoms with E-state index in [0.29, 0.717) is 30.7 Å². The summed E-state index contributed by atoms with van der Waals surface area (Å²) in [7, 11) is 0. The number of imidazole rings is 1. The Labute approximate surface area is 171 Å². The fourth-order valence-corrected chi connectivity index (χ4v) is 3.66. The Morgan fingerprint density at radius 3 is 2.69 bits per heavy atom. The van der Waals surface area contributed by atoms with Gasteiger partial charge < -0.3 is 14.8 Å². The maximum Gasteiger partial charge on any atom is 0.231 e. The first-order valence-corrected chi connectivity index (χ1v) is 10.3. The molecule has 2 aromatic heterocycles. The van der Waals surface area contributed by atoms with Crippen LogP contribution in [0.15, 0.2) is 53.7 Å². The Hall–Kier alpha value is -3.20. The van der Waals surface area contributed by atoms with Crippen molar-refractivity contribution in [2.45, 2.75) is 12.1 Å². The molecule has 0 atom stereocenters. The van der Waals surface area contributed by atoms with Crippen molar-refractivity contribution < 1.29 is 14.3 Å². The van der Waals surface area contributed by atoms with Gasteiger partial charge in [-0.05, 0) is 43.3 Å². The molecule has 4 rings (SSSR count). The van der Waals surface area contributed by atoms with Crippen LogP contribution in [0.3, 0.4) is 0 Å². The van der Waals surface area contributed by atoms with Crippen molar-refractivity contribution in [1.82, 2.24) is 24.9 Å². The first-order valence-electron chi connectivity index (χ1n) is 9.31. The van der Waals surface area contributed by atoms with E-state index in [1.807, 2.05) is 59.9 Å². The lowest BCUT2D eigenvalue weighted by molar-refractivity contribution is -0.118. The van der Waals surface area contributed by atoms with Gasteiger partial charge in [0.2, 0.25) is 11.7 Å². The van der Waals surface area contributed by atoms with Crippen molar-refractivity contribution in [1.29, 1.82) is 0 Å². The summed E-state index contributed by atoms with van der Waals surface area (Å²) in [5, 5.41) is 10.7. The third-order valence-corrected chi connectivity index (χ3v) is 5.10. The van der Waals surface area contributed by atoms with Gasteiger partial charge in [-0.2, -0.15) is 0 Å². The molecule has 150 valence electrons. The van der Waals surface area contributed by atoms with Gasteiger partial charge in [-0.1, -0.05) is 23.9 Å². The Bertz CT molecular complexity index is 1110. The Morgan fingerprint density at radius 1 is 1.14 bits per heavy atom. The molecule has 0 aliphatic carbocycles. The number of rotatable bonds is 9. The molecule has 2 aromatic carbocycles. The third kappa shape index (κ3) is 4.45. The van der Waals surface area contributed by atoms with Crippen LogP contribution < -0.4 is 14.8 Å². The Morgan fingerprint density at radius 2 is 1.90 bits per heavy atom. The SMILES string of the molecule is CCOc1ccc(OCCNC(=O)CSc2n[nH]c3nc4ccccc4n23)cc1. The van der Waals surface area contributed by atoms with E-state index in [1.54, 1.807) is 0 Å². The third-order valence-electron chi connectivity index (χ3n) is 4.16. The van der Waals surface area contributed by atoms with Crippen LogP contribution in [0.25, 0.3) is 16.8 Å². The van der Waals surface area contributed by atoms with Gasteiger partial charge in [0.25, 0.3) is 0 Å². The van der Waals surface area contributed by atoms with Gasteiger partial charge in [0.15, 0.2) is 5.16 Å². The second-order valence-electron chi connectivity index (χ2n) is 6.16. The first kappa shape index (κ1) is 19.1. The zero-order valence-corrected chi connectivity index (χ0v) is 16.7. The molecule has 0 fully saturated rings. The molecular formula is C20H21N5O3S. The molecule has 8 nitrogen and oxygen atoms in total. The number of aromatic amines is 1. The van der Waals surface area contributed by atoms with Gasteiger partial charge in [0.1, 0.15) is 18.1 Å². The lowest BCUT2D eigenvalue weighted by Crippen LogP contribution is -2.29. The number of hydrogen-bond acceptors (Lipinski definition) is 6. The predicted octanol–water partition coefficient (Wildman–Crippen LogP) is 2.90. The molecule has 0 aliphatic rings. The van der Waals surface area contributed by atoms with Gasteiger partial charge in [-0.25, -0.2) is 10.1 Å². The van der Waals surface area contributed by atoms with E-state index in [1.165, 1.54) is 11.8 Å². The van der Waals surface area contributed by atoms with Gasteiger partial charge in [-0.15, -0.1) is 5.10 Å². The number of carbonyl (C=O) groups excluding carboxylic acids is 1. The van der Waals surface area contributed by atoms with Crippen LogP contribution in [-0.4, -0.2) is 51.0 Å². The fourth-order valence-electron chi connectivity index (χ4n) is 2.88. The molecule has 4 aromatic rings. The highest BCUT2D eigenvalue weighted by atomic mass is 32.2. The molecule has 0 radical (unpaired) electrons. The van der Waals surface area contributed by atoms with Gasteiger partial charge in [0.05, 0.1) is 29.9 Å². The van der Waals surface area contributed by atoms with Crippen LogP contribution in [0.1, 0.15) is 6.92 Å². The molecule has 2 heterocycles.